The monoisotopic (exact) mass is 444 g/mol. The van der Waals surface area contributed by atoms with Gasteiger partial charge in [0.05, 0.1) is 26.0 Å². The van der Waals surface area contributed by atoms with Crippen LogP contribution in [0.2, 0.25) is 0 Å². The van der Waals surface area contributed by atoms with Crippen molar-refractivity contribution in [1.82, 2.24) is 5.01 Å². The van der Waals surface area contributed by atoms with E-state index in [0.29, 0.717) is 24.7 Å². The molecular weight excluding hydrogens is 420 g/mol. The Labute approximate surface area is 192 Å². The van der Waals surface area contributed by atoms with Crippen LogP contribution in [0.5, 0.6) is 28.7 Å². The van der Waals surface area contributed by atoms with Gasteiger partial charge in [0.25, 0.3) is 0 Å². The fraction of sp³-hybridized carbons (Fsp3) is 0.269. The molecule has 3 heterocycles. The van der Waals surface area contributed by atoms with Crippen molar-refractivity contribution in [1.29, 1.82) is 0 Å². The van der Waals surface area contributed by atoms with Gasteiger partial charge >= 0.3 is 0 Å². The SMILES string of the molecule is COc1ccc([C@H]2Oc3ccccc3[C@@H]3CC(c4ccc5c(c4)OCCO5)=NN23)cc1OC. The molecule has 3 aliphatic heterocycles. The molecule has 0 saturated carbocycles. The van der Waals surface area contributed by atoms with E-state index in [9.17, 15) is 0 Å². The number of rotatable bonds is 4. The van der Waals surface area contributed by atoms with Crippen LogP contribution in [0.4, 0.5) is 0 Å². The highest BCUT2D eigenvalue weighted by atomic mass is 16.6. The lowest BCUT2D eigenvalue weighted by Gasteiger charge is -2.38. The zero-order chi connectivity index (χ0) is 22.4. The van der Waals surface area contributed by atoms with E-state index in [4.69, 9.17) is 28.8 Å². The lowest BCUT2D eigenvalue weighted by molar-refractivity contribution is -0.0191. The van der Waals surface area contributed by atoms with Crippen LogP contribution in [-0.2, 0) is 0 Å². The van der Waals surface area contributed by atoms with E-state index in [1.165, 1.54) is 0 Å². The molecule has 0 radical (unpaired) electrons. The second-order valence-corrected chi connectivity index (χ2v) is 8.13. The van der Waals surface area contributed by atoms with Gasteiger partial charge in [-0.25, -0.2) is 5.01 Å². The number of hydrogen-bond donors (Lipinski definition) is 0. The van der Waals surface area contributed by atoms with Crippen LogP contribution in [0.25, 0.3) is 0 Å². The number of hydrogen-bond acceptors (Lipinski definition) is 7. The lowest BCUT2D eigenvalue weighted by atomic mass is 9.95. The van der Waals surface area contributed by atoms with Crippen molar-refractivity contribution >= 4 is 5.71 Å². The molecule has 2 atom stereocenters. The molecule has 0 saturated heterocycles. The second-order valence-electron chi connectivity index (χ2n) is 8.13. The molecule has 7 nitrogen and oxygen atoms in total. The first-order valence-electron chi connectivity index (χ1n) is 11.0. The zero-order valence-electron chi connectivity index (χ0n) is 18.5. The Balaban J connectivity index is 1.41. The zero-order valence-corrected chi connectivity index (χ0v) is 18.5. The minimum absolute atomic E-state index is 0.0660. The molecule has 0 bridgehead atoms. The van der Waals surface area contributed by atoms with E-state index < -0.39 is 0 Å². The number of para-hydroxylation sites is 1. The van der Waals surface area contributed by atoms with Gasteiger partial charge in [-0.15, -0.1) is 0 Å². The summed E-state index contributed by atoms with van der Waals surface area (Å²) in [5, 5.41) is 7.09. The Morgan fingerprint density at radius 1 is 0.848 bits per heavy atom. The molecule has 33 heavy (non-hydrogen) atoms. The summed E-state index contributed by atoms with van der Waals surface area (Å²) in [6.07, 6.45) is 0.378. The number of ether oxygens (including phenoxy) is 5. The molecule has 0 fully saturated rings. The minimum Gasteiger partial charge on any atom is -0.493 e. The average Bonchev–Trinajstić information content (AvgIpc) is 3.33. The van der Waals surface area contributed by atoms with Gasteiger partial charge in [-0.2, -0.15) is 5.10 Å². The van der Waals surface area contributed by atoms with Crippen LogP contribution in [0.3, 0.4) is 0 Å². The third kappa shape index (κ3) is 3.31. The van der Waals surface area contributed by atoms with Crippen molar-refractivity contribution in [2.75, 3.05) is 27.4 Å². The number of methoxy groups -OCH3 is 2. The third-order valence-electron chi connectivity index (χ3n) is 6.27. The molecule has 168 valence electrons. The van der Waals surface area contributed by atoms with Gasteiger partial charge in [-0.3, -0.25) is 0 Å². The van der Waals surface area contributed by atoms with E-state index in [2.05, 4.69) is 11.1 Å². The van der Waals surface area contributed by atoms with E-state index in [0.717, 1.165) is 46.1 Å². The van der Waals surface area contributed by atoms with Crippen molar-refractivity contribution < 1.29 is 23.7 Å². The predicted octanol–water partition coefficient (Wildman–Crippen LogP) is 4.72. The molecular formula is C26H24N2O5. The topological polar surface area (TPSA) is 61.8 Å². The van der Waals surface area contributed by atoms with Crippen LogP contribution in [-0.4, -0.2) is 38.2 Å². The number of nitrogens with zero attached hydrogens (tertiary/aromatic N) is 2. The highest BCUT2D eigenvalue weighted by Crippen LogP contribution is 2.48. The second kappa shape index (κ2) is 7.92. The quantitative estimate of drug-likeness (QED) is 0.581. The predicted molar refractivity (Wildman–Crippen MR) is 123 cm³/mol. The summed E-state index contributed by atoms with van der Waals surface area (Å²) in [5.41, 5.74) is 4.09. The molecule has 0 unspecified atom stereocenters. The summed E-state index contributed by atoms with van der Waals surface area (Å²) in [7, 11) is 3.26. The van der Waals surface area contributed by atoms with E-state index in [1.807, 2.05) is 54.6 Å². The molecule has 3 aromatic rings. The summed E-state index contributed by atoms with van der Waals surface area (Å²) in [5.74, 6) is 3.75. The van der Waals surface area contributed by atoms with Gasteiger partial charge in [0.2, 0.25) is 6.23 Å². The molecule has 3 aliphatic rings. The highest BCUT2D eigenvalue weighted by Gasteiger charge is 2.41. The Morgan fingerprint density at radius 2 is 1.67 bits per heavy atom. The highest BCUT2D eigenvalue weighted by molar-refractivity contribution is 6.02. The Kier molecular flexibility index (Phi) is 4.75. The van der Waals surface area contributed by atoms with Crippen molar-refractivity contribution in [3.63, 3.8) is 0 Å². The van der Waals surface area contributed by atoms with E-state index >= 15 is 0 Å². The first kappa shape index (κ1) is 19.8. The molecule has 0 amide bonds. The molecule has 0 N–H and O–H groups in total. The maximum Gasteiger partial charge on any atom is 0.214 e. The van der Waals surface area contributed by atoms with Crippen molar-refractivity contribution in [2.24, 2.45) is 5.10 Å². The number of fused-ring (bicyclic) bond motifs is 4. The van der Waals surface area contributed by atoms with Gasteiger partial charge in [0, 0.05) is 23.1 Å². The van der Waals surface area contributed by atoms with Gasteiger partial charge in [0.1, 0.15) is 19.0 Å². The van der Waals surface area contributed by atoms with E-state index in [-0.39, 0.29) is 12.3 Å². The maximum absolute atomic E-state index is 6.46. The largest absolute Gasteiger partial charge is 0.493 e. The fourth-order valence-electron chi connectivity index (χ4n) is 4.66. The van der Waals surface area contributed by atoms with E-state index in [1.54, 1.807) is 14.2 Å². The van der Waals surface area contributed by atoms with Gasteiger partial charge in [-0.1, -0.05) is 18.2 Å². The smallest absolute Gasteiger partial charge is 0.214 e. The summed E-state index contributed by atoms with van der Waals surface area (Å²) in [4.78, 5) is 0. The third-order valence-corrected chi connectivity index (χ3v) is 6.27. The standard InChI is InChI=1S/C26H24N2O5/c1-29-22-9-8-17(14-24(22)30-2)26-28-20(18-5-3-4-6-21(18)33-26)15-19(27-28)16-7-10-23-25(13-16)32-12-11-31-23/h3-10,13-14,20,26H,11-12,15H2,1-2H3/t20-,26+/m0/s1. The van der Waals surface area contributed by atoms with Gasteiger partial charge in [0.15, 0.2) is 23.0 Å². The Hall–Kier alpha value is -3.87. The first-order chi connectivity index (χ1) is 16.2. The lowest BCUT2D eigenvalue weighted by Crippen LogP contribution is -2.33. The molecule has 3 aromatic carbocycles. The summed E-state index contributed by atoms with van der Waals surface area (Å²) in [6, 6.07) is 20.1. The average molecular weight is 444 g/mol. The first-order valence-corrected chi connectivity index (χ1v) is 11.0. The Bertz CT molecular complexity index is 1240. The van der Waals surface area contributed by atoms with Crippen LogP contribution in [0.1, 0.15) is 35.4 Å². The molecule has 0 aromatic heterocycles. The summed E-state index contributed by atoms with van der Waals surface area (Å²) in [6.45, 7) is 1.13. The van der Waals surface area contributed by atoms with Gasteiger partial charge in [-0.05, 0) is 42.5 Å². The molecule has 7 heteroatoms. The van der Waals surface area contributed by atoms with Crippen LogP contribution in [0.15, 0.2) is 65.8 Å². The minimum atomic E-state index is -0.389. The molecule has 0 spiro atoms. The van der Waals surface area contributed by atoms with Crippen molar-refractivity contribution in [3.8, 4) is 28.7 Å². The van der Waals surface area contributed by atoms with Crippen molar-refractivity contribution in [2.45, 2.75) is 18.7 Å². The Morgan fingerprint density at radius 3 is 2.52 bits per heavy atom. The fourth-order valence-corrected chi connectivity index (χ4v) is 4.66. The number of benzene rings is 3. The molecule has 0 aliphatic carbocycles. The van der Waals surface area contributed by atoms with Crippen LogP contribution >= 0.6 is 0 Å². The summed E-state index contributed by atoms with van der Waals surface area (Å²) >= 11 is 0. The van der Waals surface area contributed by atoms with Crippen LogP contribution < -0.4 is 23.7 Å². The maximum atomic E-state index is 6.46. The van der Waals surface area contributed by atoms with Crippen LogP contribution in [0, 0.1) is 0 Å². The van der Waals surface area contributed by atoms with Gasteiger partial charge < -0.3 is 23.7 Å². The number of hydrazone groups is 1. The summed E-state index contributed by atoms with van der Waals surface area (Å²) < 4.78 is 28.9. The normalized spacial score (nSPS) is 20.3. The molecule has 6 rings (SSSR count). The van der Waals surface area contributed by atoms with Crippen molar-refractivity contribution in [3.05, 3.63) is 77.4 Å².